The second kappa shape index (κ2) is 7.57. The third kappa shape index (κ3) is 4.61. The molecule has 1 N–H and O–H groups in total. The summed E-state index contributed by atoms with van der Waals surface area (Å²) in [5.74, 6) is -0.556. The van der Waals surface area contributed by atoms with Crippen LogP contribution in [0.3, 0.4) is 0 Å². The Labute approximate surface area is 120 Å². The highest BCUT2D eigenvalue weighted by atomic mass is 16.6. The molecule has 2 radical (unpaired) electrons. The van der Waals surface area contributed by atoms with Gasteiger partial charge in [-0.1, -0.05) is 36.7 Å². The summed E-state index contributed by atoms with van der Waals surface area (Å²) in [6, 6.07) is 9.26. The van der Waals surface area contributed by atoms with Crippen LogP contribution in [0.25, 0.3) is 0 Å². The maximum absolute atomic E-state index is 11.7. The van der Waals surface area contributed by atoms with Gasteiger partial charge in [-0.25, -0.2) is 9.59 Å². The Kier molecular flexibility index (Phi) is 6.09. The van der Waals surface area contributed by atoms with Crippen molar-refractivity contribution >= 4 is 19.9 Å². The maximum Gasteiger partial charge on any atom is 0.408 e. The van der Waals surface area contributed by atoms with Crippen molar-refractivity contribution in [2.24, 2.45) is 0 Å². The van der Waals surface area contributed by atoms with Gasteiger partial charge in [-0.3, -0.25) is 0 Å². The van der Waals surface area contributed by atoms with Crippen LogP contribution in [0, 0.1) is 0 Å². The molecule has 0 aliphatic heterocycles. The van der Waals surface area contributed by atoms with Crippen molar-refractivity contribution in [2.45, 2.75) is 31.8 Å². The van der Waals surface area contributed by atoms with Gasteiger partial charge in [0.1, 0.15) is 12.1 Å². The average molecular weight is 275 g/mol. The summed E-state index contributed by atoms with van der Waals surface area (Å²) in [7, 11) is 6.71. The van der Waals surface area contributed by atoms with Gasteiger partial charge in [0.05, 0.1) is 15.0 Å². The van der Waals surface area contributed by atoms with E-state index < -0.39 is 17.6 Å². The van der Waals surface area contributed by atoms with Crippen molar-refractivity contribution in [1.82, 2.24) is 5.32 Å². The Morgan fingerprint density at radius 2 is 1.95 bits per heavy atom. The molecule has 106 valence electrons. The van der Waals surface area contributed by atoms with Crippen molar-refractivity contribution in [3.8, 4) is 0 Å². The molecule has 0 fully saturated rings. The quantitative estimate of drug-likeness (QED) is 0.635. The third-order valence-electron chi connectivity index (χ3n) is 2.87. The van der Waals surface area contributed by atoms with Crippen molar-refractivity contribution in [2.75, 3.05) is 7.11 Å². The summed E-state index contributed by atoms with van der Waals surface area (Å²) in [6.07, 6.45) is -0.180. The number of hydrogen-bond donors (Lipinski definition) is 1. The lowest BCUT2D eigenvalue weighted by Gasteiger charge is -2.27. The monoisotopic (exact) mass is 275 g/mol. The van der Waals surface area contributed by atoms with Gasteiger partial charge in [-0.15, -0.1) is 0 Å². The summed E-state index contributed by atoms with van der Waals surface area (Å²) in [5, 5.41) is 2.50. The fourth-order valence-electron chi connectivity index (χ4n) is 1.71. The van der Waals surface area contributed by atoms with Gasteiger partial charge in [0.2, 0.25) is 0 Å². The van der Waals surface area contributed by atoms with E-state index in [1.165, 1.54) is 7.11 Å². The van der Waals surface area contributed by atoms with Crippen LogP contribution in [0.2, 0.25) is 6.32 Å². The number of nitrogens with one attached hydrogen (secondary N) is 1. The lowest BCUT2D eigenvalue weighted by atomic mass is 9.88. The molecule has 0 saturated carbocycles. The predicted molar refractivity (Wildman–Crippen MR) is 75.4 cm³/mol. The number of benzene rings is 1. The van der Waals surface area contributed by atoms with Gasteiger partial charge in [-0.2, -0.15) is 0 Å². The number of amides is 1. The molecule has 0 spiro atoms. The molecule has 0 aliphatic rings. The molecule has 6 heteroatoms. The van der Waals surface area contributed by atoms with Gasteiger partial charge in [0.15, 0.2) is 0 Å². The van der Waals surface area contributed by atoms with E-state index >= 15 is 0 Å². The van der Waals surface area contributed by atoms with Crippen molar-refractivity contribution in [3.63, 3.8) is 0 Å². The second-order valence-electron chi connectivity index (χ2n) is 4.55. The SMILES string of the molecule is [B]CC[C@@](C)(NC(=O)OCc1ccccc1)C(=O)OC. The highest BCUT2D eigenvalue weighted by Crippen LogP contribution is 2.14. The molecule has 1 rings (SSSR count). The number of methoxy groups -OCH3 is 1. The Morgan fingerprint density at radius 1 is 1.30 bits per heavy atom. The Bertz CT molecular complexity index is 452. The Morgan fingerprint density at radius 3 is 2.50 bits per heavy atom. The van der Waals surface area contributed by atoms with Gasteiger partial charge < -0.3 is 14.8 Å². The van der Waals surface area contributed by atoms with Crippen LogP contribution >= 0.6 is 0 Å². The first-order chi connectivity index (χ1) is 9.51. The van der Waals surface area contributed by atoms with E-state index in [4.69, 9.17) is 12.6 Å². The molecule has 1 aromatic rings. The lowest BCUT2D eigenvalue weighted by Crippen LogP contribution is -2.52. The number of carbonyl (C=O) groups is 2. The van der Waals surface area contributed by atoms with Crippen molar-refractivity contribution in [1.29, 1.82) is 0 Å². The average Bonchev–Trinajstić information content (AvgIpc) is 2.45. The first kappa shape index (κ1) is 16.1. The largest absolute Gasteiger partial charge is 0.467 e. The molecule has 1 atom stereocenters. The Hall–Kier alpha value is -1.98. The molecule has 0 heterocycles. The van der Waals surface area contributed by atoms with E-state index in [0.717, 1.165) is 5.56 Å². The molecule has 20 heavy (non-hydrogen) atoms. The number of esters is 1. The summed E-state index contributed by atoms with van der Waals surface area (Å²) >= 11 is 0. The van der Waals surface area contributed by atoms with Gasteiger partial charge >= 0.3 is 12.1 Å². The van der Waals surface area contributed by atoms with Crippen LogP contribution in [0.15, 0.2) is 30.3 Å². The third-order valence-corrected chi connectivity index (χ3v) is 2.87. The first-order valence-corrected chi connectivity index (χ1v) is 6.29. The van der Waals surface area contributed by atoms with E-state index in [1.807, 2.05) is 30.3 Å². The molecular formula is C14H18BNO4. The van der Waals surface area contributed by atoms with E-state index in [9.17, 15) is 9.59 Å². The second-order valence-corrected chi connectivity index (χ2v) is 4.55. The number of ether oxygens (including phenoxy) is 2. The van der Waals surface area contributed by atoms with Crippen LogP contribution < -0.4 is 5.32 Å². The van der Waals surface area contributed by atoms with Crippen LogP contribution in [-0.4, -0.2) is 32.6 Å². The van der Waals surface area contributed by atoms with Gasteiger partial charge in [-0.05, 0) is 18.9 Å². The minimum absolute atomic E-state index is 0.131. The summed E-state index contributed by atoms with van der Waals surface area (Å²) in [5.41, 5.74) is -0.321. The molecule has 5 nitrogen and oxygen atoms in total. The Balaban J connectivity index is 2.56. The topological polar surface area (TPSA) is 64.6 Å². The minimum Gasteiger partial charge on any atom is -0.467 e. The van der Waals surface area contributed by atoms with Crippen molar-refractivity contribution in [3.05, 3.63) is 35.9 Å². The van der Waals surface area contributed by atoms with Gasteiger partial charge in [0, 0.05) is 0 Å². The summed E-state index contributed by atoms with van der Waals surface area (Å²) in [4.78, 5) is 23.4. The normalized spacial score (nSPS) is 13.1. The number of carbonyl (C=O) groups excluding carboxylic acids is 2. The maximum atomic E-state index is 11.7. The summed E-state index contributed by atoms with van der Waals surface area (Å²) in [6.45, 7) is 1.68. The van der Waals surface area contributed by atoms with E-state index in [1.54, 1.807) is 6.92 Å². The molecule has 0 aliphatic carbocycles. The fraction of sp³-hybridized carbons (Fsp3) is 0.429. The molecule has 1 amide bonds. The number of hydrogen-bond acceptors (Lipinski definition) is 4. The zero-order valence-corrected chi connectivity index (χ0v) is 11.7. The molecule has 0 aromatic heterocycles. The summed E-state index contributed by atoms with van der Waals surface area (Å²) < 4.78 is 9.73. The molecule has 1 aromatic carbocycles. The standard InChI is InChI=1S/C14H18BNO4/c1-14(8-9-15,12(17)19-2)16-13(18)20-10-11-6-4-3-5-7-11/h3-7H,8-10H2,1-2H3,(H,16,18)/t14-/m1/s1. The van der Waals surface area contributed by atoms with Crippen LogP contribution in [0.1, 0.15) is 18.9 Å². The van der Waals surface area contributed by atoms with E-state index in [-0.39, 0.29) is 19.3 Å². The number of alkyl carbamates (subject to hydrolysis) is 1. The highest BCUT2D eigenvalue weighted by Gasteiger charge is 2.35. The van der Waals surface area contributed by atoms with E-state index in [2.05, 4.69) is 10.1 Å². The molecule has 0 unspecified atom stereocenters. The van der Waals surface area contributed by atoms with Gasteiger partial charge in [0.25, 0.3) is 0 Å². The molecule has 0 bridgehead atoms. The van der Waals surface area contributed by atoms with E-state index in [0.29, 0.717) is 0 Å². The smallest absolute Gasteiger partial charge is 0.408 e. The molecule has 0 saturated heterocycles. The highest BCUT2D eigenvalue weighted by molar-refractivity contribution is 6.08. The van der Waals surface area contributed by atoms with Crippen LogP contribution in [0.4, 0.5) is 4.79 Å². The first-order valence-electron chi connectivity index (χ1n) is 6.29. The lowest BCUT2D eigenvalue weighted by molar-refractivity contribution is -0.147. The zero-order valence-electron chi connectivity index (χ0n) is 11.7. The number of rotatable bonds is 6. The van der Waals surface area contributed by atoms with Crippen molar-refractivity contribution < 1.29 is 19.1 Å². The zero-order chi connectivity index (χ0) is 15.0. The predicted octanol–water partition coefficient (Wildman–Crippen LogP) is 1.82. The fourth-order valence-corrected chi connectivity index (χ4v) is 1.71. The molecular weight excluding hydrogens is 257 g/mol. The minimum atomic E-state index is -1.18. The van der Waals surface area contributed by atoms with Crippen LogP contribution in [-0.2, 0) is 20.9 Å². The van der Waals surface area contributed by atoms with Crippen LogP contribution in [0.5, 0.6) is 0 Å².